The molecule has 1 heterocycles. The number of hydrogen-bond donors (Lipinski definition) is 1. The van der Waals surface area contributed by atoms with Crippen molar-refractivity contribution in [3.8, 4) is 0 Å². The van der Waals surface area contributed by atoms with Gasteiger partial charge in [0.25, 0.3) is 0 Å². The number of anilines is 2. The maximum atomic E-state index is 5.82. The van der Waals surface area contributed by atoms with Crippen molar-refractivity contribution in [3.63, 3.8) is 0 Å². The van der Waals surface area contributed by atoms with Crippen LogP contribution in [0.3, 0.4) is 0 Å². The Balaban J connectivity index is 2.19. The molecule has 2 N–H and O–H groups in total. The fourth-order valence-corrected chi connectivity index (χ4v) is 2.96. The second-order valence-electron chi connectivity index (χ2n) is 6.22. The van der Waals surface area contributed by atoms with Crippen molar-refractivity contribution in [2.75, 3.05) is 17.2 Å². The number of nitrogens with two attached hydrogens (primary N) is 1. The van der Waals surface area contributed by atoms with E-state index in [1.165, 1.54) is 37.7 Å². The van der Waals surface area contributed by atoms with Gasteiger partial charge in [0, 0.05) is 12.6 Å². The van der Waals surface area contributed by atoms with E-state index in [2.05, 4.69) is 30.7 Å². The molecule has 0 radical (unpaired) electrons. The van der Waals surface area contributed by atoms with Gasteiger partial charge in [0.2, 0.25) is 0 Å². The van der Waals surface area contributed by atoms with E-state index in [4.69, 9.17) is 5.73 Å². The number of rotatable bonds is 5. The fraction of sp³-hybridized carbons (Fsp3) is 0.688. The highest BCUT2D eigenvalue weighted by molar-refractivity contribution is 5.53. The van der Waals surface area contributed by atoms with E-state index in [-0.39, 0.29) is 0 Å². The SMILES string of the molecule is Cc1cc(N)cnc1N(CCC(C)C)C1CCCC1. The third-order valence-corrected chi connectivity index (χ3v) is 4.06. The van der Waals surface area contributed by atoms with E-state index in [0.717, 1.165) is 24.0 Å². The average molecular weight is 261 g/mol. The molecule has 1 aliphatic rings. The highest BCUT2D eigenvalue weighted by atomic mass is 15.2. The molecule has 0 saturated heterocycles. The largest absolute Gasteiger partial charge is 0.397 e. The average Bonchev–Trinajstić information content (AvgIpc) is 2.85. The topological polar surface area (TPSA) is 42.1 Å². The van der Waals surface area contributed by atoms with Crippen molar-refractivity contribution >= 4 is 11.5 Å². The summed E-state index contributed by atoms with van der Waals surface area (Å²) >= 11 is 0. The summed E-state index contributed by atoms with van der Waals surface area (Å²) in [4.78, 5) is 7.13. The van der Waals surface area contributed by atoms with Crippen LogP contribution in [0.2, 0.25) is 0 Å². The van der Waals surface area contributed by atoms with Crippen LogP contribution in [0.1, 0.15) is 51.5 Å². The molecule has 0 spiro atoms. The molecular weight excluding hydrogens is 234 g/mol. The number of aromatic nitrogens is 1. The Morgan fingerprint density at radius 2 is 2.05 bits per heavy atom. The Labute approximate surface area is 117 Å². The van der Waals surface area contributed by atoms with Crippen LogP contribution in [-0.2, 0) is 0 Å². The maximum Gasteiger partial charge on any atom is 0.131 e. The van der Waals surface area contributed by atoms with Crippen LogP contribution in [0, 0.1) is 12.8 Å². The number of hydrogen-bond acceptors (Lipinski definition) is 3. The van der Waals surface area contributed by atoms with E-state index in [0.29, 0.717) is 6.04 Å². The third kappa shape index (κ3) is 3.62. The van der Waals surface area contributed by atoms with Gasteiger partial charge in [-0.3, -0.25) is 0 Å². The van der Waals surface area contributed by atoms with Gasteiger partial charge in [-0.05, 0) is 43.7 Å². The summed E-state index contributed by atoms with van der Waals surface area (Å²) in [7, 11) is 0. The monoisotopic (exact) mass is 261 g/mol. The first-order chi connectivity index (χ1) is 9.08. The van der Waals surface area contributed by atoms with E-state index < -0.39 is 0 Å². The van der Waals surface area contributed by atoms with Crippen LogP contribution in [0.4, 0.5) is 11.5 Å². The first kappa shape index (κ1) is 14.2. The quantitative estimate of drug-likeness (QED) is 0.877. The van der Waals surface area contributed by atoms with Crippen molar-refractivity contribution in [1.82, 2.24) is 4.98 Å². The van der Waals surface area contributed by atoms with Crippen molar-refractivity contribution in [1.29, 1.82) is 0 Å². The summed E-state index contributed by atoms with van der Waals surface area (Å²) < 4.78 is 0. The Bertz CT molecular complexity index is 408. The van der Waals surface area contributed by atoms with Gasteiger partial charge in [-0.15, -0.1) is 0 Å². The number of nitrogen functional groups attached to an aromatic ring is 1. The van der Waals surface area contributed by atoms with Crippen molar-refractivity contribution in [3.05, 3.63) is 17.8 Å². The second-order valence-corrected chi connectivity index (χ2v) is 6.22. The molecule has 1 saturated carbocycles. The molecule has 3 heteroatoms. The van der Waals surface area contributed by atoms with Crippen LogP contribution < -0.4 is 10.6 Å². The predicted molar refractivity (Wildman–Crippen MR) is 82.4 cm³/mol. The molecule has 1 fully saturated rings. The van der Waals surface area contributed by atoms with E-state index in [9.17, 15) is 0 Å². The van der Waals surface area contributed by atoms with Crippen LogP contribution >= 0.6 is 0 Å². The fourth-order valence-electron chi connectivity index (χ4n) is 2.96. The number of aryl methyl sites for hydroxylation is 1. The van der Waals surface area contributed by atoms with E-state index >= 15 is 0 Å². The normalized spacial score (nSPS) is 16.2. The van der Waals surface area contributed by atoms with Crippen molar-refractivity contribution < 1.29 is 0 Å². The molecule has 2 rings (SSSR count). The van der Waals surface area contributed by atoms with Gasteiger partial charge in [0.1, 0.15) is 5.82 Å². The highest BCUT2D eigenvalue weighted by Gasteiger charge is 2.24. The third-order valence-electron chi connectivity index (χ3n) is 4.06. The van der Waals surface area contributed by atoms with Gasteiger partial charge in [-0.2, -0.15) is 0 Å². The van der Waals surface area contributed by atoms with Crippen molar-refractivity contribution in [2.45, 2.75) is 58.9 Å². The van der Waals surface area contributed by atoms with Gasteiger partial charge in [-0.25, -0.2) is 4.98 Å². The lowest BCUT2D eigenvalue weighted by Crippen LogP contribution is -2.36. The zero-order valence-electron chi connectivity index (χ0n) is 12.5. The molecule has 3 nitrogen and oxygen atoms in total. The van der Waals surface area contributed by atoms with Crippen molar-refractivity contribution in [2.24, 2.45) is 5.92 Å². The molecule has 1 aliphatic carbocycles. The second kappa shape index (κ2) is 6.27. The minimum Gasteiger partial charge on any atom is -0.397 e. The molecular formula is C16H27N3. The first-order valence-electron chi connectivity index (χ1n) is 7.56. The van der Waals surface area contributed by atoms with E-state index in [1.54, 1.807) is 6.20 Å². The molecule has 1 aromatic heterocycles. The predicted octanol–water partition coefficient (Wildman–Crippen LogP) is 3.77. The highest BCUT2D eigenvalue weighted by Crippen LogP contribution is 2.30. The van der Waals surface area contributed by atoms with E-state index in [1.807, 2.05) is 6.07 Å². The maximum absolute atomic E-state index is 5.82. The Kier molecular flexibility index (Phi) is 4.67. The van der Waals surface area contributed by atoms with Gasteiger partial charge in [0.05, 0.1) is 11.9 Å². The minimum atomic E-state index is 0.675. The van der Waals surface area contributed by atoms with Crippen LogP contribution in [0.5, 0.6) is 0 Å². The summed E-state index contributed by atoms with van der Waals surface area (Å²) in [5.74, 6) is 1.87. The summed E-state index contributed by atoms with van der Waals surface area (Å²) in [6, 6.07) is 2.72. The van der Waals surface area contributed by atoms with Crippen LogP contribution in [0.25, 0.3) is 0 Å². The van der Waals surface area contributed by atoms with Gasteiger partial charge >= 0.3 is 0 Å². The summed E-state index contributed by atoms with van der Waals surface area (Å²) in [5, 5.41) is 0. The molecule has 106 valence electrons. The number of pyridine rings is 1. The summed E-state index contributed by atoms with van der Waals surface area (Å²) in [5.41, 5.74) is 7.79. The van der Waals surface area contributed by atoms with Gasteiger partial charge < -0.3 is 10.6 Å². The van der Waals surface area contributed by atoms with Gasteiger partial charge in [-0.1, -0.05) is 26.7 Å². The Morgan fingerprint density at radius 3 is 2.63 bits per heavy atom. The van der Waals surface area contributed by atoms with Gasteiger partial charge in [0.15, 0.2) is 0 Å². The molecule has 0 aliphatic heterocycles. The molecule has 19 heavy (non-hydrogen) atoms. The lowest BCUT2D eigenvalue weighted by atomic mass is 10.1. The molecule has 1 aromatic rings. The molecule has 0 unspecified atom stereocenters. The first-order valence-corrected chi connectivity index (χ1v) is 7.56. The molecule has 0 atom stereocenters. The lowest BCUT2D eigenvalue weighted by Gasteiger charge is -2.32. The molecule has 0 bridgehead atoms. The smallest absolute Gasteiger partial charge is 0.131 e. The molecule has 0 aromatic carbocycles. The minimum absolute atomic E-state index is 0.675. The lowest BCUT2D eigenvalue weighted by molar-refractivity contribution is 0.524. The zero-order valence-corrected chi connectivity index (χ0v) is 12.5. The molecule has 0 amide bonds. The standard InChI is InChI=1S/C16H27N3/c1-12(2)8-9-19(15-6-4-5-7-15)16-13(3)10-14(17)11-18-16/h10-12,15H,4-9,17H2,1-3H3. The summed E-state index contributed by atoms with van der Waals surface area (Å²) in [6.45, 7) is 7.81. The van der Waals surface area contributed by atoms with Crippen LogP contribution in [-0.4, -0.2) is 17.6 Å². The Morgan fingerprint density at radius 1 is 1.37 bits per heavy atom. The Hall–Kier alpha value is -1.25. The zero-order chi connectivity index (χ0) is 13.8. The number of nitrogens with zero attached hydrogens (tertiary/aromatic N) is 2. The summed E-state index contributed by atoms with van der Waals surface area (Å²) in [6.07, 6.45) is 8.35. The van der Waals surface area contributed by atoms with Crippen LogP contribution in [0.15, 0.2) is 12.3 Å².